The number of carboxylic acid groups (broad SMARTS) is 1. The molecule has 0 spiro atoms. The number of fused-ring (bicyclic) bond motifs is 1. The van der Waals surface area contributed by atoms with Crippen molar-refractivity contribution in [2.75, 3.05) is 11.4 Å². The minimum absolute atomic E-state index is 0.0126. The highest BCUT2D eigenvalue weighted by atomic mass is 79.9. The SMILES string of the molecule is O=C(O)[C@@H]1CC(=O)N(c2ccc3nc(-c4cncc(Br)c4)oc3c2)C1. The maximum atomic E-state index is 12.1. The number of nitrogens with zero attached hydrogens (tertiary/aromatic N) is 3. The second kappa shape index (κ2) is 5.96. The van der Waals surface area contributed by atoms with Crippen LogP contribution in [0.2, 0.25) is 0 Å². The van der Waals surface area contributed by atoms with Crippen molar-refractivity contribution in [2.45, 2.75) is 6.42 Å². The molecule has 1 aliphatic heterocycles. The van der Waals surface area contributed by atoms with Crippen molar-refractivity contribution in [3.8, 4) is 11.5 Å². The zero-order valence-corrected chi connectivity index (χ0v) is 14.4. The number of aromatic nitrogens is 2. The van der Waals surface area contributed by atoms with Gasteiger partial charge in [0.2, 0.25) is 11.8 Å². The third-order valence-corrected chi connectivity index (χ3v) is 4.54. The molecule has 1 aliphatic rings. The Hall–Kier alpha value is -2.74. The molecule has 1 aromatic carbocycles. The molecule has 0 bridgehead atoms. The summed E-state index contributed by atoms with van der Waals surface area (Å²) in [5.74, 6) is -1.41. The van der Waals surface area contributed by atoms with E-state index < -0.39 is 11.9 Å². The second-order valence-corrected chi connectivity index (χ2v) is 6.72. The maximum absolute atomic E-state index is 12.1. The molecule has 1 amide bonds. The van der Waals surface area contributed by atoms with E-state index in [1.165, 1.54) is 4.90 Å². The quantitative estimate of drug-likeness (QED) is 0.723. The van der Waals surface area contributed by atoms with E-state index in [1.54, 1.807) is 30.6 Å². The van der Waals surface area contributed by atoms with E-state index in [0.29, 0.717) is 22.7 Å². The molecule has 4 rings (SSSR count). The fourth-order valence-corrected chi connectivity index (χ4v) is 3.22. The van der Waals surface area contributed by atoms with Crippen molar-refractivity contribution in [2.24, 2.45) is 5.92 Å². The highest BCUT2D eigenvalue weighted by Crippen LogP contribution is 2.31. The Balaban J connectivity index is 1.69. The molecule has 0 saturated carbocycles. The summed E-state index contributed by atoms with van der Waals surface area (Å²) >= 11 is 3.36. The lowest BCUT2D eigenvalue weighted by molar-refractivity contribution is -0.141. The topological polar surface area (TPSA) is 96.5 Å². The number of oxazole rings is 1. The third kappa shape index (κ3) is 2.89. The van der Waals surface area contributed by atoms with Crippen molar-refractivity contribution in [1.82, 2.24) is 9.97 Å². The number of carbonyl (C=O) groups is 2. The fraction of sp³-hybridized carbons (Fsp3) is 0.176. The minimum Gasteiger partial charge on any atom is -0.481 e. The summed E-state index contributed by atoms with van der Waals surface area (Å²) in [6.07, 6.45) is 3.33. The summed E-state index contributed by atoms with van der Waals surface area (Å²) in [6, 6.07) is 7.06. The van der Waals surface area contributed by atoms with Gasteiger partial charge in [-0.1, -0.05) is 0 Å². The van der Waals surface area contributed by atoms with Gasteiger partial charge in [0.05, 0.1) is 11.5 Å². The molecule has 0 unspecified atom stereocenters. The van der Waals surface area contributed by atoms with Crippen LogP contribution in [0.25, 0.3) is 22.6 Å². The van der Waals surface area contributed by atoms with Gasteiger partial charge in [-0.2, -0.15) is 0 Å². The molecular formula is C17H12BrN3O4. The number of carboxylic acids is 1. The number of pyridine rings is 1. The highest BCUT2D eigenvalue weighted by Gasteiger charge is 2.35. The predicted octanol–water partition coefficient (Wildman–Crippen LogP) is 3.09. The van der Waals surface area contributed by atoms with E-state index in [0.717, 1.165) is 10.0 Å². The predicted molar refractivity (Wildman–Crippen MR) is 93.0 cm³/mol. The maximum Gasteiger partial charge on any atom is 0.308 e. The fourth-order valence-electron chi connectivity index (χ4n) is 2.86. The summed E-state index contributed by atoms with van der Waals surface area (Å²) < 4.78 is 6.61. The number of rotatable bonds is 3. The molecule has 25 heavy (non-hydrogen) atoms. The number of anilines is 1. The average Bonchev–Trinajstić information content (AvgIpc) is 3.17. The molecular weight excluding hydrogens is 390 g/mol. The number of benzene rings is 1. The van der Waals surface area contributed by atoms with Crippen molar-refractivity contribution in [1.29, 1.82) is 0 Å². The van der Waals surface area contributed by atoms with E-state index in [9.17, 15) is 9.59 Å². The Kier molecular flexibility index (Phi) is 3.76. The summed E-state index contributed by atoms with van der Waals surface area (Å²) in [5.41, 5.74) is 2.52. The van der Waals surface area contributed by atoms with Crippen LogP contribution in [0.3, 0.4) is 0 Å². The standard InChI is InChI=1S/C17H12BrN3O4/c18-11-3-9(6-19-7-11)16-20-13-2-1-12(5-14(13)25-16)21-8-10(17(23)24)4-15(21)22/h1-3,5-7,10H,4,8H2,(H,23,24)/t10-/m1/s1. The Labute approximate surface area is 150 Å². The molecule has 0 aliphatic carbocycles. The van der Waals surface area contributed by atoms with Crippen LogP contribution in [0.4, 0.5) is 5.69 Å². The first-order chi connectivity index (χ1) is 12.0. The van der Waals surface area contributed by atoms with Crippen LogP contribution >= 0.6 is 15.9 Å². The van der Waals surface area contributed by atoms with E-state index in [2.05, 4.69) is 25.9 Å². The highest BCUT2D eigenvalue weighted by molar-refractivity contribution is 9.10. The van der Waals surface area contributed by atoms with Gasteiger partial charge in [0.25, 0.3) is 0 Å². The minimum atomic E-state index is -0.957. The third-order valence-electron chi connectivity index (χ3n) is 4.11. The number of hydrogen-bond acceptors (Lipinski definition) is 5. The Morgan fingerprint density at radius 3 is 2.88 bits per heavy atom. The van der Waals surface area contributed by atoms with Crippen LogP contribution < -0.4 is 4.90 Å². The number of aliphatic carboxylic acids is 1. The van der Waals surface area contributed by atoms with Gasteiger partial charge >= 0.3 is 5.97 Å². The molecule has 0 radical (unpaired) electrons. The number of hydrogen-bond donors (Lipinski definition) is 1. The zero-order chi connectivity index (χ0) is 17.6. The van der Waals surface area contributed by atoms with Crippen molar-refractivity contribution in [3.63, 3.8) is 0 Å². The molecule has 1 atom stereocenters. The first-order valence-electron chi connectivity index (χ1n) is 7.56. The monoisotopic (exact) mass is 401 g/mol. The summed E-state index contributed by atoms with van der Waals surface area (Å²) in [5, 5.41) is 9.10. The van der Waals surface area contributed by atoms with Crippen molar-refractivity contribution >= 4 is 44.6 Å². The number of carbonyl (C=O) groups excluding carboxylic acids is 1. The molecule has 8 heteroatoms. The van der Waals surface area contributed by atoms with Crippen molar-refractivity contribution in [3.05, 3.63) is 41.1 Å². The Bertz CT molecular complexity index is 1000. The lowest BCUT2D eigenvalue weighted by Gasteiger charge is -2.15. The lowest BCUT2D eigenvalue weighted by atomic mass is 10.1. The Morgan fingerprint density at radius 1 is 1.32 bits per heavy atom. The normalized spacial score (nSPS) is 17.4. The first-order valence-corrected chi connectivity index (χ1v) is 8.35. The van der Waals surface area contributed by atoms with Gasteiger partial charge in [-0.05, 0) is 34.1 Å². The van der Waals surface area contributed by atoms with E-state index in [4.69, 9.17) is 9.52 Å². The molecule has 2 aromatic heterocycles. The Morgan fingerprint density at radius 2 is 2.16 bits per heavy atom. The van der Waals surface area contributed by atoms with Gasteiger partial charge in [-0.25, -0.2) is 4.98 Å². The summed E-state index contributed by atoms with van der Waals surface area (Å²) in [6.45, 7) is 0.163. The lowest BCUT2D eigenvalue weighted by Crippen LogP contribution is -2.25. The molecule has 1 fully saturated rings. The molecule has 1 saturated heterocycles. The van der Waals surface area contributed by atoms with Gasteiger partial charge in [0, 0.05) is 41.6 Å². The number of halogens is 1. The van der Waals surface area contributed by atoms with Gasteiger partial charge in [-0.3, -0.25) is 14.6 Å². The van der Waals surface area contributed by atoms with E-state index in [1.807, 2.05) is 6.07 Å². The zero-order valence-electron chi connectivity index (χ0n) is 12.8. The van der Waals surface area contributed by atoms with Gasteiger partial charge in [-0.15, -0.1) is 0 Å². The second-order valence-electron chi connectivity index (χ2n) is 5.81. The van der Waals surface area contributed by atoms with Crippen LogP contribution in [0.15, 0.2) is 45.5 Å². The van der Waals surface area contributed by atoms with E-state index >= 15 is 0 Å². The largest absolute Gasteiger partial charge is 0.481 e. The summed E-state index contributed by atoms with van der Waals surface area (Å²) in [4.78, 5) is 33.2. The van der Waals surface area contributed by atoms with E-state index in [-0.39, 0.29) is 18.9 Å². The van der Waals surface area contributed by atoms with Crippen molar-refractivity contribution < 1.29 is 19.1 Å². The smallest absolute Gasteiger partial charge is 0.308 e. The first kappa shape index (κ1) is 15.8. The molecule has 3 aromatic rings. The van der Waals surface area contributed by atoms with Crippen LogP contribution in [0.5, 0.6) is 0 Å². The van der Waals surface area contributed by atoms with Crippen LogP contribution in [-0.2, 0) is 9.59 Å². The average molecular weight is 402 g/mol. The number of amides is 1. The summed E-state index contributed by atoms with van der Waals surface area (Å²) in [7, 11) is 0. The van der Waals surface area contributed by atoms with Crippen LogP contribution in [0.1, 0.15) is 6.42 Å². The van der Waals surface area contributed by atoms with Gasteiger partial charge in [0.15, 0.2) is 5.58 Å². The van der Waals surface area contributed by atoms with Crippen LogP contribution in [0, 0.1) is 5.92 Å². The molecule has 3 heterocycles. The molecule has 1 N–H and O–H groups in total. The molecule has 126 valence electrons. The van der Waals surface area contributed by atoms with Gasteiger partial charge < -0.3 is 14.4 Å². The van der Waals surface area contributed by atoms with Crippen LogP contribution in [-0.4, -0.2) is 33.5 Å². The van der Waals surface area contributed by atoms with Gasteiger partial charge in [0.1, 0.15) is 5.52 Å². The molecule has 7 nitrogen and oxygen atoms in total.